The summed E-state index contributed by atoms with van der Waals surface area (Å²) in [5, 5.41) is 11.1. The predicted molar refractivity (Wildman–Crippen MR) is 76.7 cm³/mol. The fourth-order valence-corrected chi connectivity index (χ4v) is 1.27. The molecule has 0 bridgehead atoms. The lowest BCUT2D eigenvalue weighted by molar-refractivity contribution is -0.138. The van der Waals surface area contributed by atoms with Gasteiger partial charge >= 0.3 is 5.97 Å². The Hall–Kier alpha value is -1.14. The van der Waals surface area contributed by atoms with Crippen LogP contribution in [0, 0.1) is 0 Å². The van der Waals surface area contributed by atoms with Gasteiger partial charge in [-0.15, -0.1) is 0 Å². The van der Waals surface area contributed by atoms with Crippen molar-refractivity contribution >= 4 is 11.9 Å². The van der Waals surface area contributed by atoms with Crippen molar-refractivity contribution in [3.8, 4) is 0 Å². The van der Waals surface area contributed by atoms with Gasteiger partial charge in [0.15, 0.2) is 0 Å². The number of carbonyl (C=O) groups excluding carboxylic acids is 1. The number of unbranched alkanes of at least 4 members (excludes halogenated alkanes) is 3. The van der Waals surface area contributed by atoms with Crippen LogP contribution in [0.2, 0.25) is 0 Å². The Kier molecular flexibility index (Phi) is 15.8. The highest BCUT2D eigenvalue weighted by Gasteiger charge is 2.09. The molecule has 0 aliphatic heterocycles. The number of carboxylic acids is 1. The molecule has 1 amide bonds. The van der Waals surface area contributed by atoms with E-state index in [0.717, 1.165) is 25.8 Å². The molecule has 0 unspecified atom stereocenters. The number of hydrogen-bond acceptors (Lipinski definition) is 4. The van der Waals surface area contributed by atoms with Crippen molar-refractivity contribution < 1.29 is 14.7 Å². The Morgan fingerprint density at radius 2 is 1.84 bits per heavy atom. The Morgan fingerprint density at radius 1 is 1.21 bits per heavy atom. The highest BCUT2D eigenvalue weighted by Crippen LogP contribution is 1.97. The summed E-state index contributed by atoms with van der Waals surface area (Å²) in [6.07, 6.45) is 5.69. The number of nitrogens with one attached hydrogen (secondary N) is 1. The lowest BCUT2D eigenvalue weighted by Crippen LogP contribution is -2.29. The van der Waals surface area contributed by atoms with Gasteiger partial charge in [-0.1, -0.05) is 26.2 Å². The average molecular weight is 275 g/mol. The summed E-state index contributed by atoms with van der Waals surface area (Å²) in [7, 11) is 0. The standard InChI is InChI=1S/C7H15NO.C6H14N2O2/c1-3-4-5-6-8-7(2)9;7-4-2-1-3-5(8)6(9)10/h3-6H2,1-2H3,(H,8,9);5H,1-4,7-8H2,(H,9,10)/t;5-/m.0/s1. The number of carbonyl (C=O) groups is 2. The van der Waals surface area contributed by atoms with Crippen LogP contribution in [-0.2, 0) is 9.59 Å². The smallest absolute Gasteiger partial charge is 0.320 e. The predicted octanol–water partition coefficient (Wildman–Crippen LogP) is 0.840. The molecule has 0 aliphatic rings. The normalized spacial score (nSPS) is 11.2. The van der Waals surface area contributed by atoms with E-state index >= 15 is 0 Å². The second kappa shape index (κ2) is 14.9. The quantitative estimate of drug-likeness (QED) is 0.465. The summed E-state index contributed by atoms with van der Waals surface area (Å²) >= 11 is 0. The summed E-state index contributed by atoms with van der Waals surface area (Å²) in [5.74, 6) is -0.858. The maximum atomic E-state index is 10.3. The van der Waals surface area contributed by atoms with Gasteiger partial charge in [0.05, 0.1) is 0 Å². The van der Waals surface area contributed by atoms with Crippen molar-refractivity contribution in [1.82, 2.24) is 5.32 Å². The molecule has 0 aromatic heterocycles. The second-order valence-corrected chi connectivity index (χ2v) is 4.42. The molecule has 0 heterocycles. The first kappa shape index (κ1) is 20.2. The highest BCUT2D eigenvalue weighted by atomic mass is 16.4. The first-order chi connectivity index (χ1) is 8.95. The van der Waals surface area contributed by atoms with Crippen LogP contribution in [0.4, 0.5) is 0 Å². The Bertz CT molecular complexity index is 235. The molecule has 6 nitrogen and oxygen atoms in total. The van der Waals surface area contributed by atoms with Gasteiger partial charge in [0.2, 0.25) is 5.91 Å². The van der Waals surface area contributed by atoms with Gasteiger partial charge < -0.3 is 21.9 Å². The molecule has 0 spiro atoms. The van der Waals surface area contributed by atoms with Gasteiger partial charge in [0, 0.05) is 13.5 Å². The SMILES string of the molecule is CCCCCNC(C)=O.NCCCC[C@H](N)C(=O)O. The zero-order chi connectivity index (χ0) is 15.1. The number of carboxylic acid groups (broad SMARTS) is 1. The largest absolute Gasteiger partial charge is 0.480 e. The maximum absolute atomic E-state index is 10.3. The summed E-state index contributed by atoms with van der Waals surface area (Å²) in [4.78, 5) is 20.4. The van der Waals surface area contributed by atoms with Crippen LogP contribution in [0.5, 0.6) is 0 Å². The van der Waals surface area contributed by atoms with E-state index in [1.54, 1.807) is 6.92 Å². The number of aliphatic carboxylic acids is 1. The number of hydrogen-bond donors (Lipinski definition) is 4. The number of nitrogens with two attached hydrogens (primary N) is 2. The first-order valence-corrected chi connectivity index (χ1v) is 6.88. The van der Waals surface area contributed by atoms with Gasteiger partial charge in [0.25, 0.3) is 0 Å². The molecule has 0 rings (SSSR count). The molecule has 6 N–H and O–H groups in total. The zero-order valence-corrected chi connectivity index (χ0v) is 12.2. The van der Waals surface area contributed by atoms with Gasteiger partial charge in [-0.3, -0.25) is 9.59 Å². The molecular weight excluding hydrogens is 246 g/mol. The third-order valence-electron chi connectivity index (χ3n) is 2.44. The average Bonchev–Trinajstić information content (AvgIpc) is 2.35. The third kappa shape index (κ3) is 19.4. The van der Waals surface area contributed by atoms with Crippen LogP contribution in [-0.4, -0.2) is 36.1 Å². The fourth-order valence-electron chi connectivity index (χ4n) is 1.27. The summed E-state index contributed by atoms with van der Waals surface area (Å²) in [6, 6.07) is -0.716. The minimum atomic E-state index is -0.933. The van der Waals surface area contributed by atoms with Crippen LogP contribution < -0.4 is 16.8 Å². The van der Waals surface area contributed by atoms with E-state index in [1.807, 2.05) is 0 Å². The molecule has 0 aromatic rings. The van der Waals surface area contributed by atoms with Gasteiger partial charge in [0.1, 0.15) is 6.04 Å². The Morgan fingerprint density at radius 3 is 2.26 bits per heavy atom. The van der Waals surface area contributed by atoms with E-state index in [1.165, 1.54) is 12.8 Å². The van der Waals surface area contributed by atoms with E-state index in [-0.39, 0.29) is 5.91 Å². The van der Waals surface area contributed by atoms with Crippen LogP contribution in [0.1, 0.15) is 52.4 Å². The molecule has 0 aromatic carbocycles. The Balaban J connectivity index is 0. The molecule has 1 atom stereocenters. The fraction of sp³-hybridized carbons (Fsp3) is 0.846. The van der Waals surface area contributed by atoms with Crippen molar-refractivity contribution in [2.45, 2.75) is 58.4 Å². The second-order valence-electron chi connectivity index (χ2n) is 4.42. The van der Waals surface area contributed by atoms with Crippen LogP contribution in [0.3, 0.4) is 0 Å². The van der Waals surface area contributed by atoms with Crippen molar-refractivity contribution in [3.05, 3.63) is 0 Å². The van der Waals surface area contributed by atoms with E-state index in [0.29, 0.717) is 13.0 Å². The summed E-state index contributed by atoms with van der Waals surface area (Å²) in [5.41, 5.74) is 10.4. The molecule has 6 heteroatoms. The molecule has 0 radical (unpaired) electrons. The lowest BCUT2D eigenvalue weighted by atomic mass is 10.1. The van der Waals surface area contributed by atoms with Crippen molar-refractivity contribution in [3.63, 3.8) is 0 Å². The van der Waals surface area contributed by atoms with E-state index in [4.69, 9.17) is 16.6 Å². The van der Waals surface area contributed by atoms with Crippen LogP contribution >= 0.6 is 0 Å². The van der Waals surface area contributed by atoms with Crippen molar-refractivity contribution in [2.24, 2.45) is 11.5 Å². The molecule has 19 heavy (non-hydrogen) atoms. The molecular formula is C13H29N3O3. The van der Waals surface area contributed by atoms with Gasteiger partial charge in [-0.25, -0.2) is 0 Å². The van der Waals surface area contributed by atoms with Crippen molar-refractivity contribution in [1.29, 1.82) is 0 Å². The highest BCUT2D eigenvalue weighted by molar-refractivity contribution is 5.73. The van der Waals surface area contributed by atoms with Gasteiger partial charge in [-0.2, -0.15) is 0 Å². The van der Waals surface area contributed by atoms with E-state index < -0.39 is 12.0 Å². The van der Waals surface area contributed by atoms with Gasteiger partial charge in [-0.05, 0) is 25.8 Å². The lowest BCUT2D eigenvalue weighted by Gasteiger charge is -2.03. The monoisotopic (exact) mass is 275 g/mol. The third-order valence-corrected chi connectivity index (χ3v) is 2.44. The van der Waals surface area contributed by atoms with Crippen LogP contribution in [0.15, 0.2) is 0 Å². The number of amides is 1. The molecule has 0 saturated heterocycles. The first-order valence-electron chi connectivity index (χ1n) is 6.88. The molecule has 114 valence electrons. The van der Waals surface area contributed by atoms with Crippen molar-refractivity contribution in [2.75, 3.05) is 13.1 Å². The maximum Gasteiger partial charge on any atom is 0.320 e. The Labute approximate surface area is 115 Å². The molecule has 0 saturated carbocycles. The van der Waals surface area contributed by atoms with Crippen LogP contribution in [0.25, 0.3) is 0 Å². The topological polar surface area (TPSA) is 118 Å². The molecule has 0 fully saturated rings. The summed E-state index contributed by atoms with van der Waals surface area (Å²) in [6.45, 7) is 5.13. The number of rotatable bonds is 9. The molecule has 0 aliphatic carbocycles. The van der Waals surface area contributed by atoms with E-state index in [2.05, 4.69) is 12.2 Å². The van der Waals surface area contributed by atoms with E-state index in [9.17, 15) is 9.59 Å². The minimum Gasteiger partial charge on any atom is -0.480 e. The zero-order valence-electron chi connectivity index (χ0n) is 12.2. The minimum absolute atomic E-state index is 0.0751. The summed E-state index contributed by atoms with van der Waals surface area (Å²) < 4.78 is 0.